The summed E-state index contributed by atoms with van der Waals surface area (Å²) in [7, 11) is 0. The van der Waals surface area contributed by atoms with Crippen LogP contribution in [-0.4, -0.2) is 19.1 Å². The lowest BCUT2D eigenvalue weighted by Crippen LogP contribution is -2.22. The Hall–Kier alpha value is -1.77. The van der Waals surface area contributed by atoms with E-state index in [0.717, 1.165) is 31.6 Å². The predicted molar refractivity (Wildman–Crippen MR) is 75.2 cm³/mol. The van der Waals surface area contributed by atoms with E-state index in [-0.39, 0.29) is 5.91 Å². The van der Waals surface area contributed by atoms with Gasteiger partial charge >= 0.3 is 0 Å². The molecule has 19 heavy (non-hydrogen) atoms. The number of benzene rings is 1. The second-order valence-corrected chi connectivity index (χ2v) is 5.06. The van der Waals surface area contributed by atoms with Crippen LogP contribution in [0.4, 0.5) is 0 Å². The zero-order valence-electron chi connectivity index (χ0n) is 11.3. The molecular formula is C16H19NO2. The van der Waals surface area contributed by atoms with E-state index in [4.69, 9.17) is 4.74 Å². The van der Waals surface area contributed by atoms with E-state index in [2.05, 4.69) is 23.5 Å². The zero-order valence-corrected chi connectivity index (χ0v) is 11.3. The van der Waals surface area contributed by atoms with E-state index in [9.17, 15) is 4.79 Å². The first-order valence-corrected chi connectivity index (χ1v) is 7.03. The van der Waals surface area contributed by atoms with Gasteiger partial charge in [0.1, 0.15) is 5.75 Å². The van der Waals surface area contributed by atoms with Crippen LogP contribution in [0, 0.1) is 0 Å². The highest BCUT2D eigenvalue weighted by Crippen LogP contribution is 2.40. The maximum absolute atomic E-state index is 11.3. The van der Waals surface area contributed by atoms with E-state index in [1.807, 2.05) is 6.92 Å². The molecule has 3 heteroatoms. The smallest absolute Gasteiger partial charge is 0.219 e. The van der Waals surface area contributed by atoms with Gasteiger partial charge in [0.15, 0.2) is 0 Å². The third-order valence-corrected chi connectivity index (χ3v) is 3.92. The third-order valence-electron chi connectivity index (χ3n) is 3.92. The first-order chi connectivity index (χ1) is 9.29. The Kier molecular flexibility index (Phi) is 3.28. The number of carbonyl (C=O) groups is 1. The summed E-state index contributed by atoms with van der Waals surface area (Å²) in [4.78, 5) is 11.3. The highest BCUT2D eigenvalue weighted by Gasteiger charge is 2.25. The van der Waals surface area contributed by atoms with Gasteiger partial charge in [-0.25, -0.2) is 0 Å². The van der Waals surface area contributed by atoms with Crippen molar-refractivity contribution in [3.05, 3.63) is 34.9 Å². The molecule has 3 rings (SSSR count). The fourth-order valence-electron chi connectivity index (χ4n) is 2.94. The van der Waals surface area contributed by atoms with Gasteiger partial charge in [0.25, 0.3) is 0 Å². The van der Waals surface area contributed by atoms with Crippen molar-refractivity contribution < 1.29 is 9.53 Å². The second-order valence-electron chi connectivity index (χ2n) is 5.06. The van der Waals surface area contributed by atoms with Crippen molar-refractivity contribution in [3.8, 4) is 5.75 Å². The number of carbonyl (C=O) groups excluding carboxylic acids is 1. The molecule has 1 aliphatic heterocycles. The van der Waals surface area contributed by atoms with E-state index >= 15 is 0 Å². The van der Waals surface area contributed by atoms with Crippen LogP contribution in [0.1, 0.15) is 36.5 Å². The Balaban J connectivity index is 1.83. The average molecular weight is 257 g/mol. The first kappa shape index (κ1) is 12.3. The van der Waals surface area contributed by atoms with Gasteiger partial charge in [-0.15, -0.1) is 0 Å². The number of hydrogen-bond acceptors (Lipinski definition) is 2. The lowest BCUT2D eigenvalue weighted by Gasteiger charge is -2.08. The molecule has 1 N–H and O–H groups in total. The molecule has 3 nitrogen and oxygen atoms in total. The number of allylic oxidation sites excluding steroid dienone is 1. The molecule has 2 aliphatic rings. The van der Waals surface area contributed by atoms with E-state index in [1.54, 1.807) is 0 Å². The molecule has 1 heterocycles. The van der Waals surface area contributed by atoms with Crippen molar-refractivity contribution >= 4 is 11.5 Å². The Morgan fingerprint density at radius 3 is 3.11 bits per heavy atom. The van der Waals surface area contributed by atoms with Crippen molar-refractivity contribution in [1.82, 2.24) is 5.32 Å². The fourth-order valence-corrected chi connectivity index (χ4v) is 2.94. The summed E-state index contributed by atoms with van der Waals surface area (Å²) in [6.45, 7) is 3.30. The molecule has 0 fully saturated rings. The number of nitrogens with one attached hydrogen (secondary N) is 1. The van der Waals surface area contributed by atoms with Gasteiger partial charge in [0.2, 0.25) is 5.91 Å². The average Bonchev–Trinajstić information content (AvgIpc) is 3.03. The minimum atomic E-state index is 0.108. The maximum Gasteiger partial charge on any atom is 0.219 e. The molecule has 1 aromatic carbocycles. The lowest BCUT2D eigenvalue weighted by molar-refractivity contribution is -0.120. The Labute approximate surface area is 113 Å². The maximum atomic E-state index is 11.3. The number of amides is 1. The Morgan fingerprint density at radius 1 is 1.37 bits per heavy atom. The van der Waals surface area contributed by atoms with Crippen molar-refractivity contribution in [2.75, 3.05) is 13.2 Å². The van der Waals surface area contributed by atoms with Crippen LogP contribution < -0.4 is 10.1 Å². The molecule has 0 radical (unpaired) electrons. The highest BCUT2D eigenvalue weighted by molar-refractivity contribution is 5.79. The van der Waals surface area contributed by atoms with Crippen LogP contribution in [0.15, 0.2) is 18.2 Å². The number of ether oxygens (including phenoxy) is 1. The second kappa shape index (κ2) is 5.08. The van der Waals surface area contributed by atoms with Gasteiger partial charge < -0.3 is 10.1 Å². The molecule has 0 saturated heterocycles. The molecule has 1 aromatic rings. The molecule has 0 aromatic heterocycles. The normalized spacial score (nSPS) is 18.1. The summed E-state index contributed by atoms with van der Waals surface area (Å²) in [6.07, 6.45) is 5.90. The largest absolute Gasteiger partial charge is 0.493 e. The molecular weight excluding hydrogens is 238 g/mol. The lowest BCUT2D eigenvalue weighted by atomic mass is 9.98. The Bertz CT molecular complexity index is 546. The molecule has 0 bridgehead atoms. The van der Waals surface area contributed by atoms with Crippen molar-refractivity contribution in [3.63, 3.8) is 0 Å². The molecule has 100 valence electrons. The van der Waals surface area contributed by atoms with Crippen LogP contribution in [-0.2, 0) is 17.6 Å². The number of hydrogen-bond donors (Lipinski definition) is 1. The van der Waals surface area contributed by atoms with Gasteiger partial charge in [0.05, 0.1) is 6.61 Å². The first-order valence-electron chi connectivity index (χ1n) is 7.03. The summed E-state index contributed by atoms with van der Waals surface area (Å²) in [5.41, 5.74) is 5.55. The summed E-state index contributed by atoms with van der Waals surface area (Å²) in [6, 6.07) is 4.29. The van der Waals surface area contributed by atoms with Gasteiger partial charge in [-0.1, -0.05) is 19.1 Å². The molecule has 0 atom stereocenters. The predicted octanol–water partition coefficient (Wildman–Crippen LogP) is 2.48. The number of aryl methyl sites for hydroxylation is 1. The Morgan fingerprint density at radius 2 is 2.26 bits per heavy atom. The van der Waals surface area contributed by atoms with Crippen molar-refractivity contribution in [2.45, 2.75) is 32.6 Å². The quantitative estimate of drug-likeness (QED) is 0.903. The van der Waals surface area contributed by atoms with E-state index in [1.165, 1.54) is 22.3 Å². The number of rotatable bonds is 3. The van der Waals surface area contributed by atoms with E-state index in [0.29, 0.717) is 13.0 Å². The van der Waals surface area contributed by atoms with Crippen LogP contribution >= 0.6 is 0 Å². The van der Waals surface area contributed by atoms with Crippen LogP contribution in [0.25, 0.3) is 5.57 Å². The third kappa shape index (κ3) is 2.25. The monoisotopic (exact) mass is 257 g/mol. The topological polar surface area (TPSA) is 38.3 Å². The van der Waals surface area contributed by atoms with Gasteiger partial charge in [-0.2, -0.15) is 0 Å². The minimum absolute atomic E-state index is 0.108. The number of fused-ring (bicyclic) bond motifs is 3. The standard InChI is InChI=1S/C16H19NO2/c1-2-15(18)17-9-7-12-4-3-11-5-6-14-13(16(11)12)8-10-19-14/h5-7H,2-4,8-10H2,1H3,(H,17,18)/b12-7-. The summed E-state index contributed by atoms with van der Waals surface area (Å²) in [5.74, 6) is 1.15. The molecule has 0 unspecified atom stereocenters. The highest BCUT2D eigenvalue weighted by atomic mass is 16.5. The fraction of sp³-hybridized carbons (Fsp3) is 0.438. The molecule has 1 amide bonds. The summed E-state index contributed by atoms with van der Waals surface area (Å²) in [5, 5.41) is 2.91. The van der Waals surface area contributed by atoms with Gasteiger partial charge in [-0.05, 0) is 35.6 Å². The molecule has 0 spiro atoms. The molecule has 1 aliphatic carbocycles. The van der Waals surface area contributed by atoms with Gasteiger partial charge in [0, 0.05) is 24.9 Å². The summed E-state index contributed by atoms with van der Waals surface area (Å²) >= 11 is 0. The van der Waals surface area contributed by atoms with Crippen LogP contribution in [0.3, 0.4) is 0 Å². The summed E-state index contributed by atoms with van der Waals surface area (Å²) < 4.78 is 5.64. The zero-order chi connectivity index (χ0) is 13.2. The minimum Gasteiger partial charge on any atom is -0.493 e. The van der Waals surface area contributed by atoms with E-state index < -0.39 is 0 Å². The SMILES string of the molecule is CCC(=O)NC/C=C1/CCc2ccc3c(c21)CCO3. The van der Waals surface area contributed by atoms with Crippen molar-refractivity contribution in [2.24, 2.45) is 0 Å². The van der Waals surface area contributed by atoms with Gasteiger partial charge in [-0.3, -0.25) is 4.79 Å². The van der Waals surface area contributed by atoms with Crippen molar-refractivity contribution in [1.29, 1.82) is 0 Å². The van der Waals surface area contributed by atoms with Crippen LogP contribution in [0.5, 0.6) is 5.75 Å². The van der Waals surface area contributed by atoms with Crippen LogP contribution in [0.2, 0.25) is 0 Å². The molecule has 0 saturated carbocycles.